The minimum atomic E-state index is -0.310. The Morgan fingerprint density at radius 3 is 2.70 bits per heavy atom. The van der Waals surface area contributed by atoms with Gasteiger partial charge in [0.05, 0.1) is 17.9 Å². The van der Waals surface area contributed by atoms with Gasteiger partial charge in [-0.05, 0) is 62.6 Å². The predicted octanol–water partition coefficient (Wildman–Crippen LogP) is 3.45. The van der Waals surface area contributed by atoms with E-state index in [4.69, 9.17) is 14.9 Å². The first-order valence-electron chi connectivity index (χ1n) is 11.6. The Balaban J connectivity index is 1.74. The fraction of sp³-hybridized carbons (Fsp3) is 0.500. The molecule has 1 aliphatic carbocycles. The Hall–Kier alpha value is -3.20. The van der Waals surface area contributed by atoms with Crippen LogP contribution in [0, 0.1) is 5.92 Å². The van der Waals surface area contributed by atoms with Crippen LogP contribution in [-0.2, 0) is 18.3 Å². The Bertz CT molecular complexity index is 1210. The van der Waals surface area contributed by atoms with Crippen LogP contribution in [0.25, 0.3) is 22.4 Å². The monoisotopic (exact) mass is 453 g/mol. The molecule has 0 unspecified atom stereocenters. The van der Waals surface area contributed by atoms with Crippen LogP contribution in [0.3, 0.4) is 0 Å². The zero-order valence-electron chi connectivity index (χ0n) is 19.4. The molecule has 4 rings (SSSR count). The summed E-state index contributed by atoms with van der Waals surface area (Å²) in [6.45, 7) is 4.49. The number of amides is 1. The maximum absolute atomic E-state index is 12.9. The van der Waals surface area contributed by atoms with Crippen molar-refractivity contribution in [1.82, 2.24) is 25.2 Å². The van der Waals surface area contributed by atoms with E-state index in [1.807, 2.05) is 19.1 Å². The van der Waals surface area contributed by atoms with E-state index in [0.29, 0.717) is 29.2 Å². The Morgan fingerprint density at radius 1 is 1.27 bits per heavy atom. The average Bonchev–Trinajstić information content (AvgIpc) is 3.15. The van der Waals surface area contributed by atoms with Crippen molar-refractivity contribution in [2.75, 3.05) is 6.61 Å². The molecule has 176 valence electrons. The van der Waals surface area contributed by atoms with E-state index in [1.165, 1.54) is 0 Å². The molecule has 2 heterocycles. The third-order valence-electron chi connectivity index (χ3n) is 6.49. The van der Waals surface area contributed by atoms with Gasteiger partial charge in [-0.2, -0.15) is 5.10 Å². The number of aromatic amines is 1. The smallest absolute Gasteiger partial charge is 0.277 e. The molecule has 3 N–H and O–H groups in total. The highest BCUT2D eigenvalue weighted by molar-refractivity contribution is 5.80. The quantitative estimate of drug-likeness (QED) is 0.372. The van der Waals surface area contributed by atoms with Gasteiger partial charge >= 0.3 is 0 Å². The number of carbonyl (C=O) groups is 1. The van der Waals surface area contributed by atoms with E-state index in [0.717, 1.165) is 55.3 Å². The number of nitrogens with one attached hydrogen (secondary N) is 2. The second-order valence-electron chi connectivity index (χ2n) is 8.65. The molecule has 0 saturated heterocycles. The zero-order chi connectivity index (χ0) is 23.5. The van der Waals surface area contributed by atoms with Gasteiger partial charge in [-0.3, -0.25) is 19.5 Å². The number of nitrogens with zero attached hydrogens (tertiary/aromatic N) is 3. The lowest BCUT2D eigenvalue weighted by atomic mass is 9.78. The number of carbonyl (C=O) groups excluding carboxylic acids is 1. The molecule has 0 radical (unpaired) electrons. The fourth-order valence-corrected chi connectivity index (χ4v) is 4.83. The summed E-state index contributed by atoms with van der Waals surface area (Å²) in [5.74, 6) is 0.952. The van der Waals surface area contributed by atoms with Crippen molar-refractivity contribution < 1.29 is 14.7 Å². The number of fused-ring (bicyclic) bond motifs is 1. The summed E-state index contributed by atoms with van der Waals surface area (Å²) in [6.07, 6.45) is 4.78. The summed E-state index contributed by atoms with van der Waals surface area (Å²) in [6, 6.07) is 6.03. The molecular formula is C24H31N5O4. The highest BCUT2D eigenvalue weighted by Gasteiger charge is 2.28. The van der Waals surface area contributed by atoms with Gasteiger partial charge in [0.25, 0.3) is 5.56 Å². The van der Waals surface area contributed by atoms with Crippen LogP contribution in [0.15, 0.2) is 23.0 Å². The first kappa shape index (κ1) is 23.0. The summed E-state index contributed by atoms with van der Waals surface area (Å²) in [5, 5.41) is 13.4. The highest BCUT2D eigenvalue weighted by atomic mass is 16.5. The number of hydrogen-bond acceptors (Lipinski definition) is 6. The molecule has 1 aliphatic rings. The lowest BCUT2D eigenvalue weighted by molar-refractivity contribution is -0.134. The minimum Gasteiger partial charge on any atom is -0.493 e. The number of H-pyrrole nitrogens is 1. The summed E-state index contributed by atoms with van der Waals surface area (Å²) in [5.41, 5.74) is 5.33. The standard InChI is InChI=1S/C24H31N5O4/c1-4-6-18-20-21(29(3)27-18)24(31)26-22(25-20)17-13-16(11-12-19(17)33-5-2)14-7-9-15(10-8-14)23(30)28-32/h11-15,32H,4-10H2,1-3H3,(H,28,30)(H,25,26,31). The van der Waals surface area contributed by atoms with Gasteiger partial charge < -0.3 is 9.72 Å². The average molecular weight is 454 g/mol. The molecule has 0 spiro atoms. The Kier molecular flexibility index (Phi) is 6.78. The number of rotatable bonds is 7. The second kappa shape index (κ2) is 9.74. The van der Waals surface area contributed by atoms with E-state index >= 15 is 0 Å². The number of hydrogen-bond donors (Lipinski definition) is 3. The molecule has 3 aromatic rings. The van der Waals surface area contributed by atoms with Crippen molar-refractivity contribution >= 4 is 16.9 Å². The number of ether oxygens (including phenoxy) is 1. The van der Waals surface area contributed by atoms with Gasteiger partial charge in [0.2, 0.25) is 5.91 Å². The molecule has 33 heavy (non-hydrogen) atoms. The molecular weight excluding hydrogens is 422 g/mol. The minimum absolute atomic E-state index is 0.156. The SMILES string of the molecule is CCCc1nn(C)c2c(=O)[nH]c(-c3cc(C4CCC(C(=O)NO)CC4)ccc3OCC)nc12. The lowest BCUT2D eigenvalue weighted by Gasteiger charge is -2.28. The molecule has 9 nitrogen and oxygen atoms in total. The first-order chi connectivity index (χ1) is 16.0. The van der Waals surface area contributed by atoms with Crippen LogP contribution in [0.1, 0.15) is 63.1 Å². The molecule has 1 saturated carbocycles. The largest absolute Gasteiger partial charge is 0.493 e. The van der Waals surface area contributed by atoms with Crippen molar-refractivity contribution in [3.8, 4) is 17.1 Å². The third-order valence-corrected chi connectivity index (χ3v) is 6.49. The Labute approximate surface area is 192 Å². The van der Waals surface area contributed by atoms with Gasteiger partial charge in [0, 0.05) is 13.0 Å². The van der Waals surface area contributed by atoms with Crippen molar-refractivity contribution in [2.45, 2.75) is 58.3 Å². The molecule has 1 fully saturated rings. The Morgan fingerprint density at radius 2 is 2.03 bits per heavy atom. The summed E-state index contributed by atoms with van der Waals surface area (Å²) in [7, 11) is 1.76. The molecule has 2 aromatic heterocycles. The molecule has 9 heteroatoms. The van der Waals surface area contributed by atoms with Crippen molar-refractivity contribution in [1.29, 1.82) is 0 Å². The first-order valence-corrected chi connectivity index (χ1v) is 11.6. The van der Waals surface area contributed by atoms with E-state index in [9.17, 15) is 9.59 Å². The van der Waals surface area contributed by atoms with Crippen LogP contribution >= 0.6 is 0 Å². The van der Waals surface area contributed by atoms with Gasteiger partial charge in [0.1, 0.15) is 17.1 Å². The van der Waals surface area contributed by atoms with Crippen LogP contribution in [0.4, 0.5) is 0 Å². The molecule has 0 aliphatic heterocycles. The summed E-state index contributed by atoms with van der Waals surface area (Å²) >= 11 is 0. The third kappa shape index (κ3) is 4.50. The van der Waals surface area contributed by atoms with Gasteiger partial charge in [0.15, 0.2) is 5.52 Å². The van der Waals surface area contributed by atoms with E-state index in [2.05, 4.69) is 23.1 Å². The molecule has 1 aromatic carbocycles. The molecule has 0 bridgehead atoms. The van der Waals surface area contributed by atoms with Crippen LogP contribution in [0.2, 0.25) is 0 Å². The maximum Gasteiger partial charge on any atom is 0.277 e. The van der Waals surface area contributed by atoms with Crippen LogP contribution in [-0.4, -0.2) is 37.5 Å². The number of aromatic nitrogens is 4. The summed E-state index contributed by atoms with van der Waals surface area (Å²) in [4.78, 5) is 32.4. The topological polar surface area (TPSA) is 122 Å². The molecule has 1 amide bonds. The zero-order valence-corrected chi connectivity index (χ0v) is 19.4. The molecule has 0 atom stereocenters. The number of benzene rings is 1. The maximum atomic E-state index is 12.9. The van der Waals surface area contributed by atoms with E-state index in [1.54, 1.807) is 17.2 Å². The number of hydroxylamine groups is 1. The lowest BCUT2D eigenvalue weighted by Crippen LogP contribution is -2.30. The van der Waals surface area contributed by atoms with Crippen LogP contribution < -0.4 is 15.8 Å². The summed E-state index contributed by atoms with van der Waals surface area (Å²) < 4.78 is 7.46. The highest BCUT2D eigenvalue weighted by Crippen LogP contribution is 2.39. The predicted molar refractivity (Wildman–Crippen MR) is 124 cm³/mol. The van der Waals surface area contributed by atoms with E-state index in [-0.39, 0.29) is 23.3 Å². The van der Waals surface area contributed by atoms with Gasteiger partial charge in [-0.15, -0.1) is 0 Å². The number of aryl methyl sites for hydroxylation is 2. The normalized spacial score (nSPS) is 18.4. The van der Waals surface area contributed by atoms with Crippen molar-refractivity contribution in [3.63, 3.8) is 0 Å². The van der Waals surface area contributed by atoms with Crippen LogP contribution in [0.5, 0.6) is 5.75 Å². The van der Waals surface area contributed by atoms with Crippen molar-refractivity contribution in [2.24, 2.45) is 13.0 Å². The fourth-order valence-electron chi connectivity index (χ4n) is 4.83. The van der Waals surface area contributed by atoms with Crippen molar-refractivity contribution in [3.05, 3.63) is 39.8 Å². The van der Waals surface area contributed by atoms with E-state index < -0.39 is 0 Å². The van der Waals surface area contributed by atoms with Gasteiger partial charge in [-0.1, -0.05) is 19.4 Å². The van der Waals surface area contributed by atoms with Gasteiger partial charge in [-0.25, -0.2) is 10.5 Å². The second-order valence-corrected chi connectivity index (χ2v) is 8.65.